The van der Waals surface area contributed by atoms with E-state index in [1.807, 2.05) is 27.7 Å². The fourth-order valence-electron chi connectivity index (χ4n) is 4.31. The molecule has 196 valence electrons. The third kappa shape index (κ3) is 17.0. The van der Waals surface area contributed by atoms with Crippen molar-refractivity contribution in [3.63, 3.8) is 0 Å². The highest BCUT2D eigenvalue weighted by molar-refractivity contribution is 5.78. The predicted octanol–water partition coefficient (Wildman–Crippen LogP) is 4.92. The molecule has 0 aliphatic heterocycles. The smallest absolute Gasteiger partial charge is 0.320 e. The van der Waals surface area contributed by atoms with Crippen molar-refractivity contribution in [2.24, 2.45) is 5.41 Å². The molecule has 3 N–H and O–H groups in total. The first kappa shape index (κ1) is 31.8. The minimum absolute atomic E-state index is 0.0720. The number of ether oxygens (including phenoxy) is 2. The summed E-state index contributed by atoms with van der Waals surface area (Å²) in [6.45, 7) is 22.2. The van der Waals surface area contributed by atoms with Crippen LogP contribution in [0, 0.1) is 5.41 Å². The maximum Gasteiger partial charge on any atom is 0.320 e. The second kappa shape index (κ2) is 13.6. The van der Waals surface area contributed by atoms with E-state index < -0.39 is 12.0 Å². The van der Waals surface area contributed by atoms with Crippen molar-refractivity contribution in [2.45, 2.75) is 131 Å². The molecule has 7 heteroatoms. The van der Waals surface area contributed by atoms with Crippen LogP contribution in [-0.4, -0.2) is 59.5 Å². The van der Waals surface area contributed by atoms with Gasteiger partial charge in [0, 0.05) is 18.5 Å². The quantitative estimate of drug-likeness (QED) is 0.260. The second-order valence-corrected chi connectivity index (χ2v) is 12.3. The molecule has 1 amide bonds. The summed E-state index contributed by atoms with van der Waals surface area (Å²) in [5.41, 5.74) is -0.734. The van der Waals surface area contributed by atoms with Crippen LogP contribution in [0.5, 0.6) is 0 Å². The zero-order valence-electron chi connectivity index (χ0n) is 23.0. The van der Waals surface area contributed by atoms with Crippen LogP contribution >= 0.6 is 0 Å². The Labute approximate surface area is 202 Å². The topological polar surface area (TPSA) is 96.9 Å². The summed E-state index contributed by atoms with van der Waals surface area (Å²) in [5, 5.41) is 15.6. The highest BCUT2D eigenvalue weighted by Gasteiger charge is 2.30. The molecule has 0 saturated heterocycles. The van der Waals surface area contributed by atoms with E-state index in [0.717, 1.165) is 25.7 Å². The number of rotatable bonds is 17. The van der Waals surface area contributed by atoms with Crippen molar-refractivity contribution in [1.29, 1.82) is 0 Å². The molecular weight excluding hydrogens is 420 g/mol. The molecule has 0 radical (unpaired) electrons. The lowest BCUT2D eigenvalue weighted by molar-refractivity contribution is -0.140. The van der Waals surface area contributed by atoms with Crippen molar-refractivity contribution in [2.75, 3.05) is 19.8 Å². The highest BCUT2D eigenvalue weighted by atomic mass is 16.5. The van der Waals surface area contributed by atoms with E-state index in [1.165, 1.54) is 0 Å². The third-order valence-corrected chi connectivity index (χ3v) is 5.46. The monoisotopic (exact) mass is 472 g/mol. The Morgan fingerprint density at radius 3 is 1.94 bits per heavy atom. The number of nitrogens with one attached hydrogen (secondary N) is 2. The molecular formula is C26H52N2O5. The molecule has 0 aromatic heterocycles. The summed E-state index contributed by atoms with van der Waals surface area (Å²) < 4.78 is 11.9. The van der Waals surface area contributed by atoms with Gasteiger partial charge in [-0.3, -0.25) is 14.9 Å². The molecule has 0 saturated carbocycles. The van der Waals surface area contributed by atoms with Crippen LogP contribution in [0.4, 0.5) is 0 Å². The van der Waals surface area contributed by atoms with E-state index in [0.29, 0.717) is 19.8 Å². The maximum absolute atomic E-state index is 12.2. The summed E-state index contributed by atoms with van der Waals surface area (Å²) in [6.07, 6.45) is 4.09. The summed E-state index contributed by atoms with van der Waals surface area (Å²) >= 11 is 0. The lowest BCUT2D eigenvalue weighted by Gasteiger charge is -2.35. The Hall–Kier alpha value is -1.18. The van der Waals surface area contributed by atoms with Gasteiger partial charge in [-0.05, 0) is 72.6 Å². The Morgan fingerprint density at radius 2 is 1.42 bits per heavy atom. The number of hydrogen-bond donors (Lipinski definition) is 3. The molecule has 1 atom stereocenters. The van der Waals surface area contributed by atoms with Gasteiger partial charge in [-0.2, -0.15) is 0 Å². The SMILES string of the molecule is CCCC(C)(C)OCCC(C)(C)OCCNC(=O)CCC(NC(C)(C)CC(C)(C)C)C(=O)O. The zero-order valence-corrected chi connectivity index (χ0v) is 23.0. The molecule has 1 unspecified atom stereocenters. The van der Waals surface area contributed by atoms with Crippen molar-refractivity contribution in [3.05, 3.63) is 0 Å². The summed E-state index contributed by atoms with van der Waals surface area (Å²) in [4.78, 5) is 23.9. The van der Waals surface area contributed by atoms with Gasteiger partial charge in [0.15, 0.2) is 0 Å². The number of carboxylic acid groups (broad SMARTS) is 1. The molecule has 0 spiro atoms. The lowest BCUT2D eigenvalue weighted by atomic mass is 9.81. The van der Waals surface area contributed by atoms with E-state index in [9.17, 15) is 14.7 Å². The average Bonchev–Trinajstić information content (AvgIpc) is 2.59. The van der Waals surface area contributed by atoms with Gasteiger partial charge in [0.05, 0.1) is 24.4 Å². The van der Waals surface area contributed by atoms with E-state index in [2.05, 4.69) is 52.2 Å². The van der Waals surface area contributed by atoms with Gasteiger partial charge in [-0.1, -0.05) is 34.1 Å². The Kier molecular flexibility index (Phi) is 13.2. The number of carbonyl (C=O) groups excluding carboxylic acids is 1. The minimum atomic E-state index is -0.931. The van der Waals surface area contributed by atoms with Crippen molar-refractivity contribution >= 4 is 11.9 Å². The van der Waals surface area contributed by atoms with Gasteiger partial charge in [-0.15, -0.1) is 0 Å². The average molecular weight is 473 g/mol. The van der Waals surface area contributed by atoms with Crippen LogP contribution in [0.15, 0.2) is 0 Å². The van der Waals surface area contributed by atoms with Crippen LogP contribution in [0.1, 0.15) is 108 Å². The standard InChI is InChI=1S/C26H52N2O5/c1-11-14-25(7,8)32-17-15-26(9,10)33-18-16-27-21(29)13-12-20(22(30)31)28-24(5,6)19-23(2,3)4/h20,28H,11-19H2,1-10H3,(H,27,29)(H,30,31). The predicted molar refractivity (Wildman–Crippen MR) is 135 cm³/mol. The summed E-state index contributed by atoms with van der Waals surface area (Å²) in [5.74, 6) is -1.10. The Morgan fingerprint density at radius 1 is 0.879 bits per heavy atom. The van der Waals surface area contributed by atoms with E-state index in [1.54, 1.807) is 0 Å². The number of carboxylic acids is 1. The number of amides is 1. The molecule has 0 aliphatic rings. The van der Waals surface area contributed by atoms with Gasteiger partial charge in [-0.25, -0.2) is 0 Å². The van der Waals surface area contributed by atoms with E-state index in [-0.39, 0.29) is 40.9 Å². The van der Waals surface area contributed by atoms with Gasteiger partial charge < -0.3 is 19.9 Å². The normalized spacial score (nSPS) is 14.2. The molecule has 0 aromatic carbocycles. The molecule has 0 fully saturated rings. The first-order chi connectivity index (χ1) is 14.9. The van der Waals surface area contributed by atoms with Crippen LogP contribution in [0.2, 0.25) is 0 Å². The number of hydrogen-bond acceptors (Lipinski definition) is 5. The Bertz CT molecular complexity index is 594. The largest absolute Gasteiger partial charge is 0.480 e. The van der Waals surface area contributed by atoms with Crippen molar-refractivity contribution < 1.29 is 24.2 Å². The van der Waals surface area contributed by atoms with Crippen molar-refractivity contribution in [1.82, 2.24) is 10.6 Å². The van der Waals surface area contributed by atoms with Crippen LogP contribution in [0.3, 0.4) is 0 Å². The Balaban J connectivity index is 4.32. The zero-order chi connectivity index (χ0) is 25.9. The molecule has 7 nitrogen and oxygen atoms in total. The third-order valence-electron chi connectivity index (χ3n) is 5.46. The molecule has 0 aromatic rings. The van der Waals surface area contributed by atoms with Crippen LogP contribution in [0.25, 0.3) is 0 Å². The molecule has 0 bridgehead atoms. The summed E-state index contributed by atoms with van der Waals surface area (Å²) in [6, 6.07) is -0.764. The first-order valence-electron chi connectivity index (χ1n) is 12.4. The molecule has 0 aliphatic carbocycles. The fraction of sp³-hybridized carbons (Fsp3) is 0.923. The number of aliphatic carboxylic acids is 1. The van der Waals surface area contributed by atoms with Gasteiger partial charge >= 0.3 is 5.97 Å². The summed E-state index contributed by atoms with van der Waals surface area (Å²) in [7, 11) is 0. The first-order valence-corrected chi connectivity index (χ1v) is 12.4. The molecule has 33 heavy (non-hydrogen) atoms. The maximum atomic E-state index is 12.2. The van der Waals surface area contributed by atoms with E-state index in [4.69, 9.17) is 9.47 Å². The fourth-order valence-corrected chi connectivity index (χ4v) is 4.31. The van der Waals surface area contributed by atoms with Gasteiger partial charge in [0.25, 0.3) is 0 Å². The van der Waals surface area contributed by atoms with Gasteiger partial charge in [0.2, 0.25) is 5.91 Å². The highest BCUT2D eigenvalue weighted by Crippen LogP contribution is 2.27. The lowest BCUT2D eigenvalue weighted by Crippen LogP contribution is -2.51. The molecule has 0 heterocycles. The van der Waals surface area contributed by atoms with Crippen molar-refractivity contribution in [3.8, 4) is 0 Å². The van der Waals surface area contributed by atoms with Gasteiger partial charge in [0.1, 0.15) is 6.04 Å². The minimum Gasteiger partial charge on any atom is -0.480 e. The molecule has 0 rings (SSSR count). The van der Waals surface area contributed by atoms with Crippen LogP contribution < -0.4 is 10.6 Å². The second-order valence-electron chi connectivity index (χ2n) is 12.3. The van der Waals surface area contributed by atoms with Crippen LogP contribution in [-0.2, 0) is 19.1 Å². The van der Waals surface area contributed by atoms with E-state index >= 15 is 0 Å². The number of carbonyl (C=O) groups is 2.